The molecule has 2 aliphatic carbocycles. The van der Waals surface area contributed by atoms with Crippen molar-refractivity contribution < 1.29 is 12.8 Å². The van der Waals surface area contributed by atoms with Crippen molar-refractivity contribution in [3.63, 3.8) is 0 Å². The summed E-state index contributed by atoms with van der Waals surface area (Å²) in [5.74, 6) is -0.329. The van der Waals surface area contributed by atoms with Crippen molar-refractivity contribution in [1.29, 1.82) is 0 Å². The van der Waals surface area contributed by atoms with Crippen LogP contribution in [0.15, 0.2) is 23.1 Å². The molecule has 0 radical (unpaired) electrons. The maximum Gasteiger partial charge on any atom is 0.248 e. The molecule has 4 nitrogen and oxygen atoms in total. The topological polar surface area (TPSA) is 63.4 Å². The Hall–Kier alpha value is -1.14. The van der Waals surface area contributed by atoms with Crippen LogP contribution in [0.2, 0.25) is 0 Å². The monoisotopic (exact) mass is 284 g/mol. The van der Waals surface area contributed by atoms with Gasteiger partial charge in [0.1, 0.15) is 10.7 Å². The smallest absolute Gasteiger partial charge is 0.248 e. The number of anilines is 1. The number of rotatable bonds is 5. The van der Waals surface area contributed by atoms with Crippen molar-refractivity contribution in [2.24, 2.45) is 5.92 Å². The second kappa shape index (κ2) is 4.45. The molecule has 2 fully saturated rings. The quantitative estimate of drug-likeness (QED) is 0.841. The summed E-state index contributed by atoms with van der Waals surface area (Å²) in [7, 11) is -3.82. The maximum absolute atomic E-state index is 13.9. The highest BCUT2D eigenvalue weighted by Gasteiger charge is 2.42. The molecule has 104 valence electrons. The van der Waals surface area contributed by atoms with Crippen molar-refractivity contribution in [2.75, 3.05) is 12.3 Å². The lowest BCUT2D eigenvalue weighted by molar-refractivity contribution is 0.386. The molecule has 3 rings (SSSR count). The fourth-order valence-corrected chi connectivity index (χ4v) is 4.20. The lowest BCUT2D eigenvalue weighted by atomic mass is 10.3. The summed E-state index contributed by atoms with van der Waals surface area (Å²) in [4.78, 5) is -0.359. The molecule has 1 aromatic carbocycles. The first kappa shape index (κ1) is 12.9. The molecule has 0 bridgehead atoms. The van der Waals surface area contributed by atoms with Crippen molar-refractivity contribution in [1.82, 2.24) is 4.31 Å². The van der Waals surface area contributed by atoms with E-state index in [4.69, 9.17) is 5.73 Å². The molecule has 2 aliphatic rings. The van der Waals surface area contributed by atoms with E-state index in [9.17, 15) is 12.8 Å². The Kier molecular flexibility index (Phi) is 3.02. The minimum absolute atomic E-state index is 0.0125. The van der Waals surface area contributed by atoms with E-state index < -0.39 is 15.8 Å². The first-order chi connectivity index (χ1) is 9.00. The molecule has 0 amide bonds. The second-order valence-electron chi connectivity index (χ2n) is 5.41. The molecule has 6 heteroatoms. The average molecular weight is 284 g/mol. The zero-order valence-electron chi connectivity index (χ0n) is 10.5. The van der Waals surface area contributed by atoms with E-state index in [2.05, 4.69) is 0 Å². The molecular formula is C13H17FN2O2S. The summed E-state index contributed by atoms with van der Waals surface area (Å²) in [5.41, 5.74) is 5.65. The van der Waals surface area contributed by atoms with Crippen LogP contribution in [0.4, 0.5) is 10.1 Å². The van der Waals surface area contributed by atoms with E-state index >= 15 is 0 Å². The third-order valence-corrected chi connectivity index (χ3v) is 5.66. The van der Waals surface area contributed by atoms with Crippen molar-refractivity contribution in [3.05, 3.63) is 24.0 Å². The first-order valence-corrected chi connectivity index (χ1v) is 8.00. The Morgan fingerprint density at radius 1 is 1.26 bits per heavy atom. The predicted molar refractivity (Wildman–Crippen MR) is 70.5 cm³/mol. The Morgan fingerprint density at radius 2 is 1.95 bits per heavy atom. The third-order valence-electron chi connectivity index (χ3n) is 3.65. The third kappa shape index (κ3) is 2.47. The highest BCUT2D eigenvalue weighted by Crippen LogP contribution is 2.39. The zero-order chi connectivity index (χ0) is 13.6. The van der Waals surface area contributed by atoms with Crippen LogP contribution in [0.5, 0.6) is 0 Å². The lowest BCUT2D eigenvalue weighted by Gasteiger charge is -2.22. The fourth-order valence-electron chi connectivity index (χ4n) is 2.28. The average Bonchev–Trinajstić information content (AvgIpc) is 3.19. The molecular weight excluding hydrogens is 267 g/mol. The fraction of sp³-hybridized carbons (Fsp3) is 0.538. The van der Waals surface area contributed by atoms with E-state index in [0.717, 1.165) is 31.7 Å². The number of nitrogens with zero attached hydrogens (tertiary/aromatic N) is 1. The van der Waals surface area contributed by atoms with E-state index in [1.807, 2.05) is 0 Å². The molecule has 2 saturated carbocycles. The van der Waals surface area contributed by atoms with Crippen molar-refractivity contribution in [3.8, 4) is 0 Å². The minimum atomic E-state index is -3.82. The van der Waals surface area contributed by atoms with E-state index in [-0.39, 0.29) is 16.6 Å². The number of hydrogen-bond acceptors (Lipinski definition) is 3. The van der Waals surface area contributed by atoms with Gasteiger partial charge in [-0.15, -0.1) is 0 Å². The largest absolute Gasteiger partial charge is 0.398 e. The molecule has 2 N–H and O–H groups in total. The van der Waals surface area contributed by atoms with Gasteiger partial charge in [0.15, 0.2) is 0 Å². The molecule has 0 aromatic heterocycles. The molecule has 0 atom stereocenters. The van der Waals surface area contributed by atoms with Crippen LogP contribution in [-0.2, 0) is 10.0 Å². The first-order valence-electron chi connectivity index (χ1n) is 6.56. The van der Waals surface area contributed by atoms with Gasteiger partial charge >= 0.3 is 0 Å². The molecule has 0 spiro atoms. The highest BCUT2D eigenvalue weighted by molar-refractivity contribution is 7.89. The van der Waals surface area contributed by atoms with Crippen molar-refractivity contribution >= 4 is 15.7 Å². The Morgan fingerprint density at radius 3 is 2.47 bits per heavy atom. The van der Waals surface area contributed by atoms with Gasteiger partial charge in [0.2, 0.25) is 10.0 Å². The summed E-state index contributed by atoms with van der Waals surface area (Å²) in [5, 5.41) is 0. The van der Waals surface area contributed by atoms with E-state index in [1.165, 1.54) is 16.4 Å². The van der Waals surface area contributed by atoms with Crippen LogP contribution >= 0.6 is 0 Å². The van der Waals surface area contributed by atoms with Gasteiger partial charge in [0, 0.05) is 12.6 Å². The summed E-state index contributed by atoms with van der Waals surface area (Å²) < 4.78 is 40.6. The van der Waals surface area contributed by atoms with Crippen LogP contribution in [-0.4, -0.2) is 25.3 Å². The van der Waals surface area contributed by atoms with Crippen LogP contribution in [0, 0.1) is 11.7 Å². The van der Waals surface area contributed by atoms with Gasteiger partial charge in [-0.2, -0.15) is 4.31 Å². The summed E-state index contributed by atoms with van der Waals surface area (Å²) in [6, 6.07) is 4.03. The Balaban J connectivity index is 1.99. The number of nitrogen functional groups attached to an aromatic ring is 1. The van der Waals surface area contributed by atoms with Gasteiger partial charge in [-0.3, -0.25) is 0 Å². The number of benzene rings is 1. The van der Waals surface area contributed by atoms with Gasteiger partial charge in [0.05, 0.1) is 5.69 Å². The maximum atomic E-state index is 13.9. The summed E-state index contributed by atoms with van der Waals surface area (Å²) >= 11 is 0. The van der Waals surface area contributed by atoms with Crippen LogP contribution in [0.1, 0.15) is 25.7 Å². The Labute approximate surface area is 112 Å². The minimum Gasteiger partial charge on any atom is -0.398 e. The zero-order valence-corrected chi connectivity index (χ0v) is 11.4. The normalized spacial score (nSPS) is 19.9. The molecule has 0 heterocycles. The van der Waals surface area contributed by atoms with Gasteiger partial charge in [0.25, 0.3) is 0 Å². The highest BCUT2D eigenvalue weighted by atomic mass is 32.2. The van der Waals surface area contributed by atoms with E-state index in [1.54, 1.807) is 0 Å². The van der Waals surface area contributed by atoms with Crippen LogP contribution in [0.25, 0.3) is 0 Å². The number of hydrogen-bond donors (Lipinski definition) is 1. The standard InChI is InChI=1S/C13H17FN2O2S/c14-11-2-1-3-12(15)13(11)19(17,18)16(10-6-7-10)8-9-4-5-9/h1-3,9-10H,4-8,15H2. The number of halogens is 1. The summed E-state index contributed by atoms with van der Waals surface area (Å²) in [6.45, 7) is 0.501. The lowest BCUT2D eigenvalue weighted by Crippen LogP contribution is -2.35. The van der Waals surface area contributed by atoms with Gasteiger partial charge in [-0.1, -0.05) is 6.07 Å². The second-order valence-corrected chi connectivity index (χ2v) is 7.23. The van der Waals surface area contributed by atoms with Crippen LogP contribution < -0.4 is 5.73 Å². The number of sulfonamides is 1. The van der Waals surface area contributed by atoms with Gasteiger partial charge in [-0.05, 0) is 43.7 Å². The van der Waals surface area contributed by atoms with Crippen LogP contribution in [0.3, 0.4) is 0 Å². The van der Waals surface area contributed by atoms with Gasteiger partial charge in [-0.25, -0.2) is 12.8 Å². The molecule has 0 aliphatic heterocycles. The molecule has 1 aromatic rings. The Bertz CT molecular complexity index is 574. The van der Waals surface area contributed by atoms with Gasteiger partial charge < -0.3 is 5.73 Å². The summed E-state index contributed by atoms with van der Waals surface area (Å²) in [6.07, 6.45) is 3.84. The van der Waals surface area contributed by atoms with E-state index in [0.29, 0.717) is 12.5 Å². The SMILES string of the molecule is Nc1cccc(F)c1S(=O)(=O)N(CC1CC1)C1CC1. The molecule has 0 saturated heterocycles. The predicted octanol–water partition coefficient (Wildman–Crippen LogP) is 1.97. The van der Waals surface area contributed by atoms with Crippen molar-refractivity contribution in [2.45, 2.75) is 36.6 Å². The molecule has 19 heavy (non-hydrogen) atoms. The molecule has 0 unspecified atom stereocenters. The number of nitrogens with two attached hydrogens (primary N) is 1.